The number of carbonyl (C=O) groups excluding carboxylic acids is 1. The average molecular weight is 312 g/mol. The Morgan fingerprint density at radius 1 is 1.17 bits per heavy atom. The van der Waals surface area contributed by atoms with E-state index in [-0.39, 0.29) is 5.91 Å². The molecule has 122 valence electrons. The normalized spacial score (nSPS) is 11.7. The van der Waals surface area contributed by atoms with E-state index in [2.05, 4.69) is 12.2 Å². The molecule has 0 radical (unpaired) electrons. The summed E-state index contributed by atoms with van der Waals surface area (Å²) in [6.45, 7) is 2.22. The molecular weight excluding hydrogens is 288 g/mol. The van der Waals surface area contributed by atoms with Gasteiger partial charge >= 0.3 is 0 Å². The fourth-order valence-electron chi connectivity index (χ4n) is 2.73. The van der Waals surface area contributed by atoms with E-state index in [1.54, 1.807) is 12.3 Å². The lowest BCUT2D eigenvalue weighted by Crippen LogP contribution is -2.12. The number of unbranched alkanes of at least 4 members (excludes halogenated alkanes) is 6. The Hall–Kier alpha value is -2.28. The van der Waals surface area contributed by atoms with Gasteiger partial charge in [-0.1, -0.05) is 45.4 Å². The minimum atomic E-state index is 0.0651. The number of hydrogen-bond acceptors (Lipinski definition) is 3. The summed E-state index contributed by atoms with van der Waals surface area (Å²) < 4.78 is 4.81. The van der Waals surface area contributed by atoms with Gasteiger partial charge in [-0.05, 0) is 36.3 Å². The summed E-state index contributed by atoms with van der Waals surface area (Å²) in [6, 6.07) is 5.61. The maximum Gasteiger partial charge on any atom is 0.292 e. The zero-order valence-electron chi connectivity index (χ0n) is 13.7. The molecule has 1 aliphatic carbocycles. The van der Waals surface area contributed by atoms with E-state index < -0.39 is 0 Å². The molecule has 1 amide bonds. The second-order valence-corrected chi connectivity index (χ2v) is 5.92. The molecule has 4 nitrogen and oxygen atoms in total. The van der Waals surface area contributed by atoms with E-state index in [0.29, 0.717) is 12.2 Å². The maximum atomic E-state index is 11.9. The third-order valence-electron chi connectivity index (χ3n) is 4.05. The lowest BCUT2D eigenvalue weighted by Gasteiger charge is -2.17. The monoisotopic (exact) mass is 312 g/mol. The molecule has 0 heterocycles. The van der Waals surface area contributed by atoms with E-state index in [1.807, 2.05) is 18.2 Å². The molecule has 0 spiro atoms. The lowest BCUT2D eigenvalue weighted by atomic mass is 9.95. The Kier molecular flexibility index (Phi) is 6.68. The second kappa shape index (κ2) is 8.99. The Morgan fingerprint density at radius 2 is 1.91 bits per heavy atom. The minimum absolute atomic E-state index is 0.0651. The molecule has 4 heteroatoms. The molecule has 0 unspecified atom stereocenters. The molecule has 0 fully saturated rings. The van der Waals surface area contributed by atoms with Crippen LogP contribution in [0.3, 0.4) is 0 Å². The van der Waals surface area contributed by atoms with Gasteiger partial charge in [0.1, 0.15) is 0 Å². The van der Waals surface area contributed by atoms with Gasteiger partial charge in [0.15, 0.2) is 5.76 Å². The molecule has 0 atom stereocenters. The zero-order chi connectivity index (χ0) is 16.5. The molecule has 2 rings (SSSR count). The molecule has 1 N–H and O–H groups in total. The molecule has 23 heavy (non-hydrogen) atoms. The van der Waals surface area contributed by atoms with Crippen LogP contribution < -0.4 is 5.32 Å². The first kappa shape index (κ1) is 17.1. The quantitative estimate of drug-likeness (QED) is 0.484. The minimum Gasteiger partial charge on any atom is -0.387 e. The second-order valence-electron chi connectivity index (χ2n) is 5.92. The van der Waals surface area contributed by atoms with Crippen molar-refractivity contribution >= 4 is 23.4 Å². The van der Waals surface area contributed by atoms with Crippen molar-refractivity contribution in [3.8, 4) is 6.26 Å². The van der Waals surface area contributed by atoms with E-state index in [9.17, 15) is 4.79 Å². The fourth-order valence-corrected chi connectivity index (χ4v) is 2.73. The summed E-state index contributed by atoms with van der Waals surface area (Å²) in [5.74, 6) is 0.652. The lowest BCUT2D eigenvalue weighted by molar-refractivity contribution is -0.116. The molecule has 1 aromatic rings. The van der Waals surface area contributed by atoms with Crippen molar-refractivity contribution in [1.82, 2.24) is 0 Å². The number of amides is 1. The zero-order valence-corrected chi connectivity index (χ0v) is 13.7. The Labute approximate surface area is 138 Å². The molecular formula is C19H24N2O2. The Bertz CT molecular complexity index is 614. The fraction of sp³-hybridized carbons (Fsp3) is 0.474. The summed E-state index contributed by atoms with van der Waals surface area (Å²) in [6.07, 6.45) is 12.5. The number of nitriles is 1. The van der Waals surface area contributed by atoms with Crippen molar-refractivity contribution in [3.05, 3.63) is 29.3 Å². The highest BCUT2D eigenvalue weighted by Gasteiger charge is 2.18. The molecule has 0 aliphatic heterocycles. The van der Waals surface area contributed by atoms with Gasteiger partial charge in [-0.25, -0.2) is 0 Å². The summed E-state index contributed by atoms with van der Waals surface area (Å²) in [4.78, 5) is 11.9. The van der Waals surface area contributed by atoms with Crippen LogP contribution in [0.15, 0.2) is 18.2 Å². The number of carbonyl (C=O) groups is 1. The highest BCUT2D eigenvalue weighted by molar-refractivity contribution is 5.96. The van der Waals surface area contributed by atoms with Crippen molar-refractivity contribution in [2.24, 2.45) is 0 Å². The SMILES string of the molecule is CCCCCCCCCC(=O)Nc1ccc2c(c1)C=C2OC#N. The van der Waals surface area contributed by atoms with Crippen LogP contribution in [0.2, 0.25) is 0 Å². The smallest absolute Gasteiger partial charge is 0.292 e. The number of rotatable bonds is 10. The van der Waals surface area contributed by atoms with Gasteiger partial charge in [-0.3, -0.25) is 4.79 Å². The molecule has 0 saturated heterocycles. The van der Waals surface area contributed by atoms with Crippen molar-refractivity contribution in [1.29, 1.82) is 5.26 Å². The first-order chi connectivity index (χ1) is 11.2. The van der Waals surface area contributed by atoms with E-state index in [4.69, 9.17) is 10.00 Å². The van der Waals surface area contributed by atoms with E-state index >= 15 is 0 Å². The highest BCUT2D eigenvalue weighted by Crippen LogP contribution is 2.34. The summed E-state index contributed by atoms with van der Waals surface area (Å²) in [5.41, 5.74) is 2.70. The maximum absolute atomic E-state index is 11.9. The van der Waals surface area contributed by atoms with E-state index in [1.165, 1.54) is 32.1 Å². The first-order valence-corrected chi connectivity index (χ1v) is 8.46. The topological polar surface area (TPSA) is 62.1 Å². The van der Waals surface area contributed by atoms with Crippen molar-refractivity contribution in [2.45, 2.75) is 58.3 Å². The predicted molar refractivity (Wildman–Crippen MR) is 92.3 cm³/mol. The number of fused-ring (bicyclic) bond motifs is 1. The van der Waals surface area contributed by atoms with Crippen LogP contribution in [0, 0.1) is 11.5 Å². The van der Waals surface area contributed by atoms with Crippen LogP contribution in [0.1, 0.15) is 69.4 Å². The summed E-state index contributed by atoms with van der Waals surface area (Å²) >= 11 is 0. The summed E-state index contributed by atoms with van der Waals surface area (Å²) in [5, 5.41) is 11.4. The van der Waals surface area contributed by atoms with Crippen LogP contribution in [0.4, 0.5) is 5.69 Å². The van der Waals surface area contributed by atoms with Gasteiger partial charge in [0.25, 0.3) is 6.26 Å². The van der Waals surface area contributed by atoms with Crippen LogP contribution in [0.5, 0.6) is 0 Å². The highest BCUT2D eigenvalue weighted by atomic mass is 16.5. The third kappa shape index (κ3) is 5.14. The van der Waals surface area contributed by atoms with E-state index in [0.717, 1.165) is 29.7 Å². The predicted octanol–water partition coefficient (Wildman–Crippen LogP) is 5.07. The number of hydrogen-bond donors (Lipinski definition) is 1. The number of anilines is 1. The molecule has 1 aliphatic rings. The van der Waals surface area contributed by atoms with Gasteiger partial charge < -0.3 is 10.1 Å². The number of nitrogens with one attached hydrogen (secondary N) is 1. The summed E-state index contributed by atoms with van der Waals surface area (Å²) in [7, 11) is 0. The average Bonchev–Trinajstić information content (AvgIpc) is 2.52. The van der Waals surface area contributed by atoms with Crippen LogP contribution in [0.25, 0.3) is 11.8 Å². The van der Waals surface area contributed by atoms with Gasteiger partial charge in [0, 0.05) is 17.7 Å². The third-order valence-corrected chi connectivity index (χ3v) is 4.05. The number of benzene rings is 1. The van der Waals surface area contributed by atoms with Gasteiger partial charge in [0.2, 0.25) is 5.91 Å². The van der Waals surface area contributed by atoms with Gasteiger partial charge in [-0.2, -0.15) is 0 Å². The van der Waals surface area contributed by atoms with Crippen LogP contribution in [-0.4, -0.2) is 5.91 Å². The number of nitrogens with zero attached hydrogens (tertiary/aromatic N) is 1. The molecule has 0 aromatic heterocycles. The Balaban J connectivity index is 1.66. The van der Waals surface area contributed by atoms with Crippen LogP contribution in [-0.2, 0) is 9.53 Å². The van der Waals surface area contributed by atoms with Gasteiger partial charge in [-0.15, -0.1) is 5.26 Å². The molecule has 0 saturated carbocycles. The van der Waals surface area contributed by atoms with Crippen molar-refractivity contribution in [2.75, 3.05) is 5.32 Å². The van der Waals surface area contributed by atoms with Gasteiger partial charge in [0.05, 0.1) is 0 Å². The van der Waals surface area contributed by atoms with Crippen molar-refractivity contribution < 1.29 is 9.53 Å². The van der Waals surface area contributed by atoms with Crippen molar-refractivity contribution in [3.63, 3.8) is 0 Å². The molecule has 1 aromatic carbocycles. The Morgan fingerprint density at radius 3 is 2.61 bits per heavy atom. The largest absolute Gasteiger partial charge is 0.387 e. The first-order valence-electron chi connectivity index (χ1n) is 8.46. The van der Waals surface area contributed by atoms with Crippen LogP contribution >= 0.6 is 0 Å². The molecule has 0 bridgehead atoms. The standard InChI is InChI=1S/C19H24N2O2/c1-2-3-4-5-6-7-8-9-19(22)21-16-10-11-17-15(12-16)13-18(17)23-14-20/h10-13H,2-9H2,1H3,(H,21,22). The number of ether oxygens (including phenoxy) is 1.